The van der Waals surface area contributed by atoms with E-state index >= 15 is 0 Å². The average molecular weight is 135 g/mol. The van der Waals surface area contributed by atoms with E-state index in [4.69, 9.17) is 0 Å². The lowest BCUT2D eigenvalue weighted by Gasteiger charge is -1.85. The Labute approximate surface area is 59.6 Å². The second-order valence-corrected chi connectivity index (χ2v) is 2.13. The largest absolute Gasteiger partial charge is 0.362 e. The predicted molar refractivity (Wildman–Crippen MR) is 40.5 cm³/mol. The maximum atomic E-state index is 10.1. The summed E-state index contributed by atoms with van der Waals surface area (Å²) in [6.45, 7) is 1.77. The molecule has 2 nitrogen and oxygen atoms in total. The minimum atomic E-state index is 0.724. The molecule has 1 aromatic heterocycles. The summed E-state index contributed by atoms with van der Waals surface area (Å²) in [5.74, 6) is 0. The number of H-pyrrole nitrogens is 1. The fourth-order valence-corrected chi connectivity index (χ4v) is 0.713. The van der Waals surface area contributed by atoms with Crippen molar-refractivity contribution < 1.29 is 4.79 Å². The number of carbonyl (C=O) groups excluding carboxylic acids is 1. The monoisotopic (exact) mass is 135 g/mol. The van der Waals surface area contributed by atoms with Gasteiger partial charge in [-0.2, -0.15) is 0 Å². The van der Waals surface area contributed by atoms with Crippen molar-refractivity contribution >= 4 is 12.4 Å². The molecular formula is C8H9NO. The van der Waals surface area contributed by atoms with Crippen LogP contribution < -0.4 is 0 Å². The third-order valence-electron chi connectivity index (χ3n) is 1.19. The molecule has 0 saturated carbocycles. The first-order chi connectivity index (χ1) is 4.83. The molecule has 1 heterocycles. The van der Waals surface area contributed by atoms with Crippen molar-refractivity contribution in [3.05, 3.63) is 29.6 Å². The molecule has 10 heavy (non-hydrogen) atoms. The molecule has 0 unspecified atom stereocenters. The first-order valence-electron chi connectivity index (χ1n) is 3.10. The van der Waals surface area contributed by atoms with E-state index in [1.807, 2.05) is 18.3 Å². The van der Waals surface area contributed by atoms with Gasteiger partial charge in [-0.15, -0.1) is 0 Å². The van der Waals surface area contributed by atoms with E-state index in [1.54, 1.807) is 13.0 Å². The molecule has 1 aromatic rings. The Kier molecular flexibility index (Phi) is 2.05. The molecule has 0 fully saturated rings. The highest BCUT2D eigenvalue weighted by Gasteiger charge is 1.86. The number of allylic oxidation sites excluding steroid dienone is 1. The topological polar surface area (TPSA) is 32.9 Å². The molecule has 0 atom stereocenters. The van der Waals surface area contributed by atoms with Crippen molar-refractivity contribution in [1.82, 2.24) is 4.98 Å². The summed E-state index contributed by atoms with van der Waals surface area (Å²) in [5.41, 5.74) is 1.69. The lowest BCUT2D eigenvalue weighted by Crippen LogP contribution is -1.76. The van der Waals surface area contributed by atoms with E-state index < -0.39 is 0 Å². The average Bonchev–Trinajstić information content (AvgIpc) is 2.40. The number of hydrogen-bond donors (Lipinski definition) is 1. The molecule has 0 saturated heterocycles. The van der Waals surface area contributed by atoms with E-state index in [1.165, 1.54) is 0 Å². The van der Waals surface area contributed by atoms with Crippen LogP contribution in [-0.4, -0.2) is 11.3 Å². The van der Waals surface area contributed by atoms with Crippen molar-refractivity contribution in [2.24, 2.45) is 0 Å². The highest BCUT2D eigenvalue weighted by atomic mass is 16.1. The standard InChI is InChI=1S/C8H9NO/c1-7(6-10)5-8-3-2-4-9-8/h2-6,9H,1H3. The normalized spacial score (nSPS) is 11.5. The second kappa shape index (κ2) is 3.01. The maximum Gasteiger partial charge on any atom is 0.145 e. The van der Waals surface area contributed by atoms with Gasteiger partial charge in [-0.1, -0.05) is 0 Å². The van der Waals surface area contributed by atoms with Crippen LogP contribution in [-0.2, 0) is 4.79 Å². The Balaban J connectivity index is 2.80. The van der Waals surface area contributed by atoms with E-state index in [0.29, 0.717) is 0 Å². The Morgan fingerprint density at radius 1 is 1.70 bits per heavy atom. The number of aromatic nitrogens is 1. The molecule has 52 valence electrons. The minimum absolute atomic E-state index is 0.724. The van der Waals surface area contributed by atoms with Gasteiger partial charge in [0.1, 0.15) is 6.29 Å². The zero-order valence-corrected chi connectivity index (χ0v) is 5.79. The van der Waals surface area contributed by atoms with Crippen molar-refractivity contribution in [2.45, 2.75) is 6.92 Å². The quantitative estimate of drug-likeness (QED) is 0.485. The summed E-state index contributed by atoms with van der Waals surface area (Å²) < 4.78 is 0. The number of hydrogen-bond acceptors (Lipinski definition) is 1. The molecule has 0 spiro atoms. The Bertz CT molecular complexity index is 234. The summed E-state index contributed by atoms with van der Waals surface area (Å²) in [5, 5.41) is 0. The van der Waals surface area contributed by atoms with Gasteiger partial charge in [0, 0.05) is 11.9 Å². The summed E-state index contributed by atoms with van der Waals surface area (Å²) in [6, 6.07) is 3.80. The van der Waals surface area contributed by atoms with Crippen LogP contribution in [0.5, 0.6) is 0 Å². The Morgan fingerprint density at radius 2 is 2.50 bits per heavy atom. The van der Waals surface area contributed by atoms with E-state index in [9.17, 15) is 4.79 Å². The van der Waals surface area contributed by atoms with Crippen molar-refractivity contribution in [1.29, 1.82) is 0 Å². The van der Waals surface area contributed by atoms with Crippen LogP contribution in [0.2, 0.25) is 0 Å². The lowest BCUT2D eigenvalue weighted by atomic mass is 10.3. The SMILES string of the molecule is CC(C=O)=Cc1ccc[nH]1. The highest BCUT2D eigenvalue weighted by molar-refractivity contribution is 5.80. The minimum Gasteiger partial charge on any atom is -0.362 e. The molecular weight excluding hydrogens is 126 g/mol. The van der Waals surface area contributed by atoms with Gasteiger partial charge < -0.3 is 4.98 Å². The van der Waals surface area contributed by atoms with Gasteiger partial charge in [0.2, 0.25) is 0 Å². The zero-order chi connectivity index (χ0) is 7.40. The van der Waals surface area contributed by atoms with Gasteiger partial charge in [-0.05, 0) is 30.7 Å². The van der Waals surface area contributed by atoms with Crippen LogP contribution in [0, 0.1) is 0 Å². The van der Waals surface area contributed by atoms with Gasteiger partial charge in [0.15, 0.2) is 0 Å². The molecule has 1 rings (SSSR count). The van der Waals surface area contributed by atoms with Gasteiger partial charge in [0.05, 0.1) is 0 Å². The van der Waals surface area contributed by atoms with Crippen LogP contribution in [0.25, 0.3) is 6.08 Å². The molecule has 2 heteroatoms. The first kappa shape index (κ1) is 6.81. The number of aromatic amines is 1. The lowest BCUT2D eigenvalue weighted by molar-refractivity contribution is -0.104. The Hall–Kier alpha value is -1.31. The zero-order valence-electron chi connectivity index (χ0n) is 5.79. The molecule has 0 amide bonds. The fourth-order valence-electron chi connectivity index (χ4n) is 0.713. The first-order valence-corrected chi connectivity index (χ1v) is 3.10. The molecule has 1 N–H and O–H groups in total. The third kappa shape index (κ3) is 1.58. The number of carbonyl (C=O) groups is 1. The van der Waals surface area contributed by atoms with Crippen LogP contribution in [0.3, 0.4) is 0 Å². The summed E-state index contributed by atoms with van der Waals surface area (Å²) in [6.07, 6.45) is 4.46. The van der Waals surface area contributed by atoms with E-state index in [2.05, 4.69) is 4.98 Å². The Morgan fingerprint density at radius 3 is 3.00 bits per heavy atom. The van der Waals surface area contributed by atoms with Crippen molar-refractivity contribution in [2.75, 3.05) is 0 Å². The second-order valence-electron chi connectivity index (χ2n) is 2.13. The summed E-state index contributed by atoms with van der Waals surface area (Å²) in [7, 11) is 0. The van der Waals surface area contributed by atoms with Crippen molar-refractivity contribution in [3.63, 3.8) is 0 Å². The van der Waals surface area contributed by atoms with Crippen molar-refractivity contribution in [3.8, 4) is 0 Å². The molecule has 0 aliphatic carbocycles. The van der Waals surface area contributed by atoms with E-state index in [0.717, 1.165) is 17.6 Å². The van der Waals surface area contributed by atoms with E-state index in [-0.39, 0.29) is 0 Å². The molecule has 0 bridgehead atoms. The van der Waals surface area contributed by atoms with Gasteiger partial charge in [-0.3, -0.25) is 4.79 Å². The van der Waals surface area contributed by atoms with Crippen LogP contribution >= 0.6 is 0 Å². The summed E-state index contributed by atoms with van der Waals surface area (Å²) >= 11 is 0. The van der Waals surface area contributed by atoms with Gasteiger partial charge in [0.25, 0.3) is 0 Å². The molecule has 0 radical (unpaired) electrons. The molecule has 0 aliphatic rings. The van der Waals surface area contributed by atoms with Gasteiger partial charge in [-0.25, -0.2) is 0 Å². The van der Waals surface area contributed by atoms with Gasteiger partial charge >= 0.3 is 0 Å². The maximum absolute atomic E-state index is 10.1. The fraction of sp³-hybridized carbons (Fsp3) is 0.125. The number of nitrogens with one attached hydrogen (secondary N) is 1. The summed E-state index contributed by atoms with van der Waals surface area (Å²) in [4.78, 5) is 13.1. The molecule has 0 aliphatic heterocycles. The van der Waals surface area contributed by atoms with Crippen LogP contribution in [0.1, 0.15) is 12.6 Å². The highest BCUT2D eigenvalue weighted by Crippen LogP contribution is 2.00. The van der Waals surface area contributed by atoms with Crippen LogP contribution in [0.4, 0.5) is 0 Å². The molecule has 0 aromatic carbocycles. The van der Waals surface area contributed by atoms with Crippen LogP contribution in [0.15, 0.2) is 23.9 Å². The number of aldehydes is 1. The predicted octanol–water partition coefficient (Wildman–Crippen LogP) is 1.62. The number of rotatable bonds is 2. The smallest absolute Gasteiger partial charge is 0.145 e. The third-order valence-corrected chi connectivity index (χ3v) is 1.19.